The van der Waals surface area contributed by atoms with Crippen LogP contribution in [0.2, 0.25) is 0 Å². The Bertz CT molecular complexity index is 2830. The van der Waals surface area contributed by atoms with Crippen molar-refractivity contribution < 1.29 is 5.48 Å². The summed E-state index contributed by atoms with van der Waals surface area (Å²) in [5.74, 6) is 0. The summed E-state index contributed by atoms with van der Waals surface area (Å²) in [6.45, 7) is 0. The van der Waals surface area contributed by atoms with E-state index in [4.69, 9.17) is 0 Å². The number of hydrogen-bond acceptors (Lipinski definition) is 0. The number of fused-ring (bicyclic) bond motifs is 5. The van der Waals surface area contributed by atoms with Gasteiger partial charge in [0, 0.05) is 0 Å². The fraction of sp³-hybridized carbons (Fsp3) is 0.0196. The SMILES string of the molecule is [2H]c1c([2H])c(-c2c3ccccc3c(-c3ccccc3)c3ccccc23)c([2H])c([2H])c1-c1ccc2c(c1)C(c1ccccc1)(c1ccccc1)c1ccccc1-2. The lowest BCUT2D eigenvalue weighted by Crippen LogP contribution is -2.28. The van der Waals surface area contributed by atoms with Crippen LogP contribution < -0.4 is 0 Å². The average molecular weight is 651 g/mol. The van der Waals surface area contributed by atoms with E-state index in [-0.39, 0.29) is 24.2 Å². The molecule has 0 saturated heterocycles. The maximum absolute atomic E-state index is 9.64. The van der Waals surface area contributed by atoms with Crippen LogP contribution in [0.5, 0.6) is 0 Å². The number of rotatable bonds is 5. The van der Waals surface area contributed by atoms with Crippen LogP contribution in [0, 0.1) is 0 Å². The van der Waals surface area contributed by atoms with E-state index in [1.807, 2.05) is 72.8 Å². The summed E-state index contributed by atoms with van der Waals surface area (Å²) in [6, 6.07) is 62.1. The zero-order chi connectivity index (χ0) is 37.3. The van der Waals surface area contributed by atoms with E-state index < -0.39 is 5.41 Å². The molecular weight excluding hydrogens is 613 g/mol. The molecule has 238 valence electrons. The quantitative estimate of drug-likeness (QED) is 0.163. The van der Waals surface area contributed by atoms with Gasteiger partial charge in [0.25, 0.3) is 0 Å². The zero-order valence-corrected chi connectivity index (χ0v) is 27.8. The van der Waals surface area contributed by atoms with Crippen molar-refractivity contribution in [1.29, 1.82) is 0 Å². The van der Waals surface area contributed by atoms with E-state index in [1.165, 1.54) is 5.56 Å². The molecule has 0 heteroatoms. The molecular formula is C51H34. The lowest BCUT2D eigenvalue weighted by Gasteiger charge is -2.34. The third-order valence-electron chi connectivity index (χ3n) is 10.6. The van der Waals surface area contributed by atoms with Crippen LogP contribution in [-0.4, -0.2) is 0 Å². The smallest absolute Gasteiger partial charge is 0.0622 e. The van der Waals surface area contributed by atoms with Crippen LogP contribution in [-0.2, 0) is 5.41 Å². The zero-order valence-electron chi connectivity index (χ0n) is 31.8. The van der Waals surface area contributed by atoms with Gasteiger partial charge in [0.2, 0.25) is 0 Å². The second-order valence-electron chi connectivity index (χ2n) is 13.2. The Hall–Kier alpha value is -6.50. The first-order chi connectivity index (χ1) is 27.0. The lowest BCUT2D eigenvalue weighted by molar-refractivity contribution is 0.769. The van der Waals surface area contributed by atoms with Gasteiger partial charge in [-0.05, 0) is 94.4 Å². The second-order valence-corrected chi connectivity index (χ2v) is 13.2. The van der Waals surface area contributed by atoms with Crippen LogP contribution in [0.25, 0.3) is 66.1 Å². The highest BCUT2D eigenvalue weighted by Crippen LogP contribution is 2.56. The average Bonchev–Trinajstić information content (AvgIpc) is 3.54. The summed E-state index contributed by atoms with van der Waals surface area (Å²) in [5, 5.41) is 3.78. The predicted molar refractivity (Wildman–Crippen MR) is 215 cm³/mol. The van der Waals surface area contributed by atoms with Crippen molar-refractivity contribution in [3.63, 3.8) is 0 Å². The highest BCUT2D eigenvalue weighted by atomic mass is 14.5. The van der Waals surface area contributed by atoms with Gasteiger partial charge in [-0.2, -0.15) is 0 Å². The van der Waals surface area contributed by atoms with Gasteiger partial charge in [-0.1, -0.05) is 200 Å². The first kappa shape index (κ1) is 25.5. The molecule has 0 amide bonds. The van der Waals surface area contributed by atoms with Crippen molar-refractivity contribution in [1.82, 2.24) is 0 Å². The molecule has 1 aliphatic carbocycles. The van der Waals surface area contributed by atoms with Gasteiger partial charge in [-0.15, -0.1) is 0 Å². The molecule has 0 bridgehead atoms. The van der Waals surface area contributed by atoms with Gasteiger partial charge in [0.1, 0.15) is 0 Å². The summed E-state index contributed by atoms with van der Waals surface area (Å²) in [5.41, 5.74) is 10.2. The monoisotopic (exact) mass is 650 g/mol. The largest absolute Gasteiger partial charge is 0.0713 e. The molecule has 0 N–H and O–H groups in total. The van der Waals surface area contributed by atoms with Gasteiger partial charge in [0.05, 0.1) is 10.9 Å². The molecule has 0 radical (unpaired) electrons. The minimum Gasteiger partial charge on any atom is -0.0622 e. The molecule has 0 aromatic heterocycles. The summed E-state index contributed by atoms with van der Waals surface area (Å²) in [6.07, 6.45) is 0. The Morgan fingerprint density at radius 2 is 0.745 bits per heavy atom. The maximum atomic E-state index is 9.64. The molecule has 0 nitrogen and oxygen atoms in total. The van der Waals surface area contributed by atoms with Crippen molar-refractivity contribution in [2.45, 2.75) is 5.41 Å². The summed E-state index contributed by atoms with van der Waals surface area (Å²) in [4.78, 5) is 0. The van der Waals surface area contributed by atoms with E-state index in [1.54, 1.807) is 0 Å². The normalized spacial score (nSPS) is 14.0. The Labute approximate surface area is 304 Å². The Morgan fingerprint density at radius 1 is 0.314 bits per heavy atom. The van der Waals surface area contributed by atoms with Crippen molar-refractivity contribution in [2.75, 3.05) is 0 Å². The van der Waals surface area contributed by atoms with Crippen LogP contribution >= 0.6 is 0 Å². The Morgan fingerprint density at radius 3 is 1.31 bits per heavy atom. The summed E-state index contributed by atoms with van der Waals surface area (Å²) >= 11 is 0. The van der Waals surface area contributed by atoms with E-state index in [0.29, 0.717) is 22.3 Å². The van der Waals surface area contributed by atoms with Crippen molar-refractivity contribution >= 4 is 21.5 Å². The van der Waals surface area contributed by atoms with Gasteiger partial charge < -0.3 is 0 Å². The second kappa shape index (κ2) is 11.8. The van der Waals surface area contributed by atoms with Crippen LogP contribution in [0.3, 0.4) is 0 Å². The first-order valence-corrected chi connectivity index (χ1v) is 17.5. The fourth-order valence-electron chi connectivity index (χ4n) is 8.50. The van der Waals surface area contributed by atoms with E-state index in [2.05, 4.69) is 109 Å². The summed E-state index contributed by atoms with van der Waals surface area (Å²) in [7, 11) is 0. The Kier molecular flexibility index (Phi) is 5.91. The van der Waals surface area contributed by atoms with E-state index >= 15 is 0 Å². The van der Waals surface area contributed by atoms with Gasteiger partial charge in [-0.25, -0.2) is 0 Å². The van der Waals surface area contributed by atoms with Gasteiger partial charge >= 0.3 is 0 Å². The van der Waals surface area contributed by atoms with Gasteiger partial charge in [0.15, 0.2) is 0 Å². The van der Waals surface area contributed by atoms with Crippen LogP contribution in [0.4, 0.5) is 0 Å². The molecule has 1 aliphatic rings. The van der Waals surface area contributed by atoms with Crippen LogP contribution in [0.1, 0.15) is 27.7 Å². The van der Waals surface area contributed by atoms with E-state index in [0.717, 1.165) is 60.5 Å². The third kappa shape index (κ3) is 4.47. The molecule has 9 aromatic carbocycles. The Balaban J connectivity index is 1.24. The van der Waals surface area contributed by atoms with Gasteiger partial charge in [-0.3, -0.25) is 0 Å². The highest BCUT2D eigenvalue weighted by Gasteiger charge is 2.46. The van der Waals surface area contributed by atoms with E-state index in [9.17, 15) is 5.48 Å². The molecule has 10 rings (SSSR count). The molecule has 0 unspecified atom stereocenters. The molecule has 0 atom stereocenters. The summed E-state index contributed by atoms with van der Waals surface area (Å²) < 4.78 is 38.5. The molecule has 9 aromatic rings. The maximum Gasteiger partial charge on any atom is 0.0713 e. The molecule has 0 spiro atoms. The molecule has 0 saturated carbocycles. The third-order valence-corrected chi connectivity index (χ3v) is 10.6. The molecule has 0 heterocycles. The standard InChI is InChI=1S/C51H34/c1-4-16-36(17-5-1)49-43-23-10-12-25-45(43)50(46-26-13-11-24-44(46)49)37-30-28-35(29-31-37)38-32-33-42-41-22-14-15-27-47(41)51(48(42)34-38,39-18-6-2-7-19-39)40-20-8-3-9-21-40/h1-34H/i28D,29D,30D,31D. The highest BCUT2D eigenvalue weighted by molar-refractivity contribution is 6.21. The molecule has 0 aliphatic heterocycles. The van der Waals surface area contributed by atoms with Crippen molar-refractivity contribution in [3.8, 4) is 44.5 Å². The van der Waals surface area contributed by atoms with Crippen molar-refractivity contribution in [3.05, 3.63) is 228 Å². The number of benzene rings is 9. The fourth-order valence-corrected chi connectivity index (χ4v) is 8.50. The molecule has 51 heavy (non-hydrogen) atoms. The minimum atomic E-state index is -0.652. The first-order valence-electron chi connectivity index (χ1n) is 19.5. The lowest BCUT2D eigenvalue weighted by atomic mass is 9.67. The topological polar surface area (TPSA) is 0 Å². The molecule has 0 fully saturated rings. The number of hydrogen-bond donors (Lipinski definition) is 0. The predicted octanol–water partition coefficient (Wildman–Crippen LogP) is 13.4. The van der Waals surface area contributed by atoms with Crippen LogP contribution in [0.15, 0.2) is 206 Å². The minimum absolute atomic E-state index is 0.0556. The van der Waals surface area contributed by atoms with Crippen molar-refractivity contribution in [2.24, 2.45) is 0 Å².